The van der Waals surface area contributed by atoms with Crippen LogP contribution in [-0.4, -0.2) is 4.98 Å². The van der Waals surface area contributed by atoms with E-state index in [9.17, 15) is 0 Å². The number of H-pyrrole nitrogens is 1. The lowest BCUT2D eigenvalue weighted by atomic mass is 10.2. The number of aromatic amines is 1. The molecule has 1 heterocycles. The molecule has 2 nitrogen and oxygen atoms in total. The van der Waals surface area contributed by atoms with Gasteiger partial charge in [0.1, 0.15) is 0 Å². The summed E-state index contributed by atoms with van der Waals surface area (Å²) in [5.74, 6) is 0. The summed E-state index contributed by atoms with van der Waals surface area (Å²) in [5, 5.41) is 2.20. The first kappa shape index (κ1) is 6.73. The van der Waals surface area contributed by atoms with E-state index in [2.05, 4.69) is 20.9 Å². The lowest BCUT2D eigenvalue weighted by Crippen LogP contribution is -1.83. The Bertz CT molecular complexity index is 356. The number of rotatable bonds is 0. The van der Waals surface area contributed by atoms with Crippen LogP contribution in [0.5, 0.6) is 0 Å². The van der Waals surface area contributed by atoms with Crippen molar-refractivity contribution in [2.45, 2.75) is 0 Å². The summed E-state index contributed by atoms with van der Waals surface area (Å²) >= 11 is 3.43. The minimum atomic E-state index is 0.810. The van der Waals surface area contributed by atoms with Gasteiger partial charge in [-0.1, -0.05) is 15.9 Å². The van der Waals surface area contributed by atoms with E-state index in [1.54, 1.807) is 0 Å². The predicted octanol–water partition coefficient (Wildman–Crippen LogP) is 2.51. The van der Waals surface area contributed by atoms with Crippen LogP contribution in [0.4, 0.5) is 5.69 Å². The van der Waals surface area contributed by atoms with E-state index in [4.69, 9.17) is 5.73 Å². The highest BCUT2D eigenvalue weighted by molar-refractivity contribution is 9.10. The van der Waals surface area contributed by atoms with Crippen molar-refractivity contribution in [1.82, 2.24) is 4.98 Å². The van der Waals surface area contributed by atoms with Crippen molar-refractivity contribution in [1.29, 1.82) is 0 Å². The molecule has 0 spiro atoms. The Hall–Kier alpha value is -0.960. The fraction of sp³-hybridized carbons (Fsp3) is 0. The zero-order valence-corrected chi connectivity index (χ0v) is 7.35. The largest absolute Gasteiger partial charge is 0.398 e. The molecule has 0 aliphatic rings. The van der Waals surface area contributed by atoms with Gasteiger partial charge in [0.25, 0.3) is 0 Å². The van der Waals surface area contributed by atoms with E-state index in [1.165, 1.54) is 0 Å². The third-order valence-electron chi connectivity index (χ3n) is 1.72. The quantitative estimate of drug-likeness (QED) is 0.646. The lowest BCUT2D eigenvalue weighted by molar-refractivity contribution is 1.43. The molecule has 11 heavy (non-hydrogen) atoms. The minimum Gasteiger partial charge on any atom is -0.398 e. The van der Waals surface area contributed by atoms with Gasteiger partial charge in [0, 0.05) is 33.3 Å². The second-order valence-electron chi connectivity index (χ2n) is 2.42. The van der Waals surface area contributed by atoms with Gasteiger partial charge >= 0.3 is 0 Å². The maximum atomic E-state index is 5.73. The average molecular weight is 211 g/mol. The molecule has 1 aromatic carbocycles. The molecule has 0 bridgehead atoms. The molecular weight excluding hydrogens is 204 g/mol. The number of nitrogens with one attached hydrogen (secondary N) is 1. The summed E-state index contributed by atoms with van der Waals surface area (Å²) < 4.78 is 1.07. The fourth-order valence-electron chi connectivity index (χ4n) is 1.14. The Morgan fingerprint density at radius 2 is 1.91 bits per heavy atom. The Balaban J connectivity index is 2.96. The van der Waals surface area contributed by atoms with Crippen molar-refractivity contribution < 1.29 is 0 Å². The van der Waals surface area contributed by atoms with E-state index < -0.39 is 0 Å². The summed E-state index contributed by atoms with van der Waals surface area (Å²) in [6.07, 6.45) is 3.82. The molecule has 56 valence electrons. The number of hydrogen-bond acceptors (Lipinski definition) is 1. The van der Waals surface area contributed by atoms with Gasteiger partial charge in [0.15, 0.2) is 0 Å². The molecule has 0 fully saturated rings. The Labute approximate surface area is 72.5 Å². The molecule has 3 N–H and O–H groups in total. The smallest absolute Gasteiger partial charge is 0.0409 e. The van der Waals surface area contributed by atoms with Gasteiger partial charge in [-0.25, -0.2) is 0 Å². The fourth-order valence-corrected chi connectivity index (χ4v) is 1.60. The molecule has 1 aromatic heterocycles. The lowest BCUT2D eigenvalue weighted by Gasteiger charge is -1.96. The van der Waals surface area contributed by atoms with Crippen LogP contribution in [0.3, 0.4) is 0 Å². The molecule has 0 radical (unpaired) electrons. The van der Waals surface area contributed by atoms with Gasteiger partial charge in [-0.15, -0.1) is 0 Å². The van der Waals surface area contributed by atoms with E-state index in [1.807, 2.05) is 24.5 Å². The maximum Gasteiger partial charge on any atom is 0.0409 e. The second kappa shape index (κ2) is 2.27. The van der Waals surface area contributed by atoms with Crippen molar-refractivity contribution in [3.8, 4) is 0 Å². The monoisotopic (exact) mass is 210 g/mol. The number of nitrogen functional groups attached to an aromatic ring is 1. The highest BCUT2D eigenvalue weighted by Crippen LogP contribution is 2.27. The van der Waals surface area contributed by atoms with E-state index in [0.29, 0.717) is 0 Å². The van der Waals surface area contributed by atoms with Gasteiger partial charge in [0.2, 0.25) is 0 Å². The molecule has 2 rings (SSSR count). The van der Waals surface area contributed by atoms with E-state index >= 15 is 0 Å². The van der Waals surface area contributed by atoms with Crippen LogP contribution in [0.15, 0.2) is 29.0 Å². The standard InChI is InChI=1S/C8H7BrN2/c9-7-1-2-8(10)6-4-11-3-5(6)7/h1-4,11H,10H2. The maximum absolute atomic E-state index is 5.73. The third kappa shape index (κ3) is 0.922. The van der Waals surface area contributed by atoms with Gasteiger partial charge < -0.3 is 10.7 Å². The molecule has 0 saturated carbocycles. The molecule has 0 saturated heterocycles. The van der Waals surface area contributed by atoms with Crippen LogP contribution in [0, 0.1) is 0 Å². The summed E-state index contributed by atoms with van der Waals surface area (Å²) in [4.78, 5) is 3.01. The molecule has 3 heteroatoms. The zero-order valence-electron chi connectivity index (χ0n) is 5.76. The molecule has 2 aromatic rings. The first-order valence-electron chi connectivity index (χ1n) is 3.29. The van der Waals surface area contributed by atoms with Crippen molar-refractivity contribution in [3.63, 3.8) is 0 Å². The van der Waals surface area contributed by atoms with Crippen molar-refractivity contribution in [2.24, 2.45) is 0 Å². The van der Waals surface area contributed by atoms with Gasteiger partial charge in [-0.05, 0) is 12.1 Å². The van der Waals surface area contributed by atoms with Crippen LogP contribution in [0.2, 0.25) is 0 Å². The topological polar surface area (TPSA) is 41.8 Å². The van der Waals surface area contributed by atoms with Gasteiger partial charge in [-0.2, -0.15) is 0 Å². The van der Waals surface area contributed by atoms with Crippen molar-refractivity contribution >= 4 is 32.4 Å². The van der Waals surface area contributed by atoms with Crippen LogP contribution >= 0.6 is 15.9 Å². The summed E-state index contributed by atoms with van der Waals surface area (Å²) in [6, 6.07) is 3.84. The van der Waals surface area contributed by atoms with Crippen LogP contribution in [-0.2, 0) is 0 Å². The first-order chi connectivity index (χ1) is 5.29. The first-order valence-corrected chi connectivity index (χ1v) is 4.09. The highest BCUT2D eigenvalue weighted by atomic mass is 79.9. The minimum absolute atomic E-state index is 0.810. The molecule has 0 aliphatic carbocycles. The molecule has 0 aliphatic heterocycles. The Morgan fingerprint density at radius 3 is 2.64 bits per heavy atom. The zero-order chi connectivity index (χ0) is 7.84. The second-order valence-corrected chi connectivity index (χ2v) is 3.27. The van der Waals surface area contributed by atoms with E-state index in [0.717, 1.165) is 20.9 Å². The average Bonchev–Trinajstić information content (AvgIpc) is 2.45. The van der Waals surface area contributed by atoms with Crippen LogP contribution < -0.4 is 5.73 Å². The number of halogens is 1. The number of anilines is 1. The van der Waals surface area contributed by atoms with Crippen molar-refractivity contribution in [2.75, 3.05) is 5.73 Å². The number of hydrogen-bond donors (Lipinski definition) is 2. The molecular formula is C8H7BrN2. The summed E-state index contributed by atoms with van der Waals surface area (Å²) in [7, 11) is 0. The number of nitrogens with two attached hydrogens (primary N) is 1. The predicted molar refractivity (Wildman–Crippen MR) is 50.4 cm³/mol. The van der Waals surface area contributed by atoms with E-state index in [-0.39, 0.29) is 0 Å². The van der Waals surface area contributed by atoms with Crippen LogP contribution in [0.1, 0.15) is 0 Å². The molecule has 0 amide bonds. The van der Waals surface area contributed by atoms with Gasteiger partial charge in [0.05, 0.1) is 0 Å². The normalized spacial score (nSPS) is 10.6. The number of aromatic nitrogens is 1. The van der Waals surface area contributed by atoms with Gasteiger partial charge in [-0.3, -0.25) is 0 Å². The van der Waals surface area contributed by atoms with Crippen LogP contribution in [0.25, 0.3) is 10.8 Å². The number of fused-ring (bicyclic) bond motifs is 1. The molecule has 0 unspecified atom stereocenters. The Kier molecular flexibility index (Phi) is 1.39. The summed E-state index contributed by atoms with van der Waals surface area (Å²) in [5.41, 5.74) is 6.54. The molecule has 0 atom stereocenters. The Morgan fingerprint density at radius 1 is 1.18 bits per heavy atom. The SMILES string of the molecule is Nc1ccc(Br)c2c[nH]cc12. The highest BCUT2D eigenvalue weighted by Gasteiger charge is 2.00. The number of benzene rings is 1. The third-order valence-corrected chi connectivity index (χ3v) is 2.41. The summed E-state index contributed by atoms with van der Waals surface area (Å²) in [6.45, 7) is 0. The van der Waals surface area contributed by atoms with Crippen molar-refractivity contribution in [3.05, 3.63) is 29.0 Å².